The zero-order valence-electron chi connectivity index (χ0n) is 6.44. The lowest BCUT2D eigenvalue weighted by Crippen LogP contribution is -2.18. The van der Waals surface area contributed by atoms with Gasteiger partial charge in [-0.1, -0.05) is 12.0 Å². The molecule has 1 rings (SSSR count). The van der Waals surface area contributed by atoms with Crippen molar-refractivity contribution in [3.05, 3.63) is 0 Å². The molecular weight excluding hydrogens is 146 g/mol. The molecule has 0 saturated carbocycles. The number of carbonyl (C=O) groups is 1. The number of azo groups is 1. The summed E-state index contributed by atoms with van der Waals surface area (Å²) in [5, 5.41) is 6.80. The highest BCUT2D eigenvalue weighted by Crippen LogP contribution is 2.07. The van der Waals surface area contributed by atoms with E-state index >= 15 is 0 Å². The number of methoxy groups -OCH3 is 1. The van der Waals surface area contributed by atoms with Gasteiger partial charge in [-0.05, 0) is 6.42 Å². The highest BCUT2D eigenvalue weighted by atomic mass is 16.5. The van der Waals surface area contributed by atoms with E-state index in [2.05, 4.69) is 15.2 Å². The molecule has 0 radical (unpaired) electrons. The third kappa shape index (κ3) is 1.68. The van der Waals surface area contributed by atoms with E-state index in [4.69, 9.17) is 4.74 Å². The van der Waals surface area contributed by atoms with Crippen LogP contribution in [0.1, 0.15) is 13.3 Å². The van der Waals surface area contributed by atoms with Crippen molar-refractivity contribution >= 4 is 11.9 Å². The fourth-order valence-corrected chi connectivity index (χ4v) is 0.828. The molecule has 0 aliphatic carbocycles. The number of rotatable bonds is 3. The monoisotopic (exact) mass is 155 g/mol. The average molecular weight is 155 g/mol. The predicted molar refractivity (Wildman–Crippen MR) is 38.8 cm³/mol. The van der Waals surface area contributed by atoms with Crippen molar-refractivity contribution in [1.29, 1.82) is 0 Å². The molecule has 0 aromatic carbocycles. The molecule has 0 aromatic heterocycles. The Morgan fingerprint density at radius 2 is 2.27 bits per heavy atom. The van der Waals surface area contributed by atoms with Gasteiger partial charge >= 0.3 is 6.03 Å². The van der Waals surface area contributed by atoms with Gasteiger partial charge in [0.05, 0.1) is 0 Å². The minimum atomic E-state index is -0.546. The van der Waals surface area contributed by atoms with Crippen LogP contribution in [0.25, 0.3) is 0 Å². The number of hydrogen-bond donors (Lipinski definition) is 0. The van der Waals surface area contributed by atoms with E-state index in [1.54, 1.807) is 7.11 Å². The van der Waals surface area contributed by atoms with Gasteiger partial charge in [0.1, 0.15) is 6.10 Å². The van der Waals surface area contributed by atoms with Crippen LogP contribution in [0.4, 0.5) is 4.79 Å². The zero-order valence-corrected chi connectivity index (χ0v) is 6.44. The SMILES string of the molecule is CCC(OC)C1=NC(=O)N=N1. The maximum atomic E-state index is 10.5. The maximum absolute atomic E-state index is 10.5. The van der Waals surface area contributed by atoms with Gasteiger partial charge in [0.15, 0.2) is 5.84 Å². The van der Waals surface area contributed by atoms with Gasteiger partial charge in [-0.25, -0.2) is 4.79 Å². The molecule has 0 spiro atoms. The van der Waals surface area contributed by atoms with Crippen molar-refractivity contribution in [3.63, 3.8) is 0 Å². The summed E-state index contributed by atoms with van der Waals surface area (Å²) in [6.07, 6.45) is 0.534. The van der Waals surface area contributed by atoms with E-state index < -0.39 is 6.03 Å². The molecule has 0 saturated heterocycles. The van der Waals surface area contributed by atoms with Crippen LogP contribution < -0.4 is 0 Å². The summed E-state index contributed by atoms with van der Waals surface area (Å²) in [7, 11) is 1.55. The maximum Gasteiger partial charge on any atom is 0.387 e. The first kappa shape index (κ1) is 8.00. The minimum absolute atomic E-state index is 0.204. The lowest BCUT2D eigenvalue weighted by Gasteiger charge is -2.07. The van der Waals surface area contributed by atoms with Crippen molar-refractivity contribution in [2.24, 2.45) is 15.2 Å². The summed E-state index contributed by atoms with van der Waals surface area (Å²) in [6.45, 7) is 1.93. The van der Waals surface area contributed by atoms with Crippen molar-refractivity contribution in [3.8, 4) is 0 Å². The summed E-state index contributed by atoms with van der Waals surface area (Å²) in [5.74, 6) is 0.375. The van der Waals surface area contributed by atoms with Crippen LogP contribution in [0.15, 0.2) is 15.2 Å². The van der Waals surface area contributed by atoms with Gasteiger partial charge in [-0.2, -0.15) is 4.99 Å². The zero-order chi connectivity index (χ0) is 8.27. The van der Waals surface area contributed by atoms with Crippen molar-refractivity contribution in [1.82, 2.24) is 0 Å². The molecule has 60 valence electrons. The number of nitrogens with zero attached hydrogens (tertiary/aromatic N) is 3. The Hall–Kier alpha value is -1.10. The third-order valence-electron chi connectivity index (χ3n) is 1.39. The van der Waals surface area contributed by atoms with Crippen LogP contribution in [-0.2, 0) is 4.74 Å². The van der Waals surface area contributed by atoms with Crippen molar-refractivity contribution in [2.45, 2.75) is 19.4 Å². The summed E-state index contributed by atoms with van der Waals surface area (Å²) in [5.41, 5.74) is 0. The molecule has 1 atom stereocenters. The molecule has 5 nitrogen and oxygen atoms in total. The largest absolute Gasteiger partial charge is 0.387 e. The summed E-state index contributed by atoms with van der Waals surface area (Å²) >= 11 is 0. The number of amidine groups is 1. The lowest BCUT2D eigenvalue weighted by molar-refractivity contribution is 0.152. The van der Waals surface area contributed by atoms with E-state index in [0.717, 1.165) is 6.42 Å². The molecule has 1 heterocycles. The van der Waals surface area contributed by atoms with Crippen LogP contribution in [0, 0.1) is 0 Å². The fourth-order valence-electron chi connectivity index (χ4n) is 0.828. The third-order valence-corrected chi connectivity index (χ3v) is 1.39. The van der Waals surface area contributed by atoms with Gasteiger partial charge in [-0.15, -0.1) is 5.11 Å². The summed E-state index contributed by atoms with van der Waals surface area (Å²) < 4.78 is 4.99. The molecule has 0 bridgehead atoms. The second kappa shape index (κ2) is 3.34. The van der Waals surface area contributed by atoms with E-state index in [0.29, 0.717) is 5.84 Å². The lowest BCUT2D eigenvalue weighted by atomic mass is 10.2. The number of urea groups is 1. The molecule has 0 N–H and O–H groups in total. The van der Waals surface area contributed by atoms with Crippen LogP contribution in [0.5, 0.6) is 0 Å². The highest BCUT2D eigenvalue weighted by Gasteiger charge is 2.18. The minimum Gasteiger partial charge on any atom is -0.373 e. The van der Waals surface area contributed by atoms with E-state index in [9.17, 15) is 4.79 Å². The second-order valence-corrected chi connectivity index (χ2v) is 2.09. The summed E-state index contributed by atoms with van der Waals surface area (Å²) in [4.78, 5) is 14.0. The number of aliphatic imine (C=N–C) groups is 1. The molecule has 2 amide bonds. The van der Waals surface area contributed by atoms with E-state index in [1.165, 1.54) is 0 Å². The van der Waals surface area contributed by atoms with E-state index in [1.807, 2.05) is 6.92 Å². The summed E-state index contributed by atoms with van der Waals surface area (Å²) in [6, 6.07) is -0.546. The Kier molecular flexibility index (Phi) is 2.43. The Morgan fingerprint density at radius 3 is 2.64 bits per heavy atom. The average Bonchev–Trinajstić information content (AvgIpc) is 2.39. The standard InChI is InChI=1S/C6H9N3O2/c1-3-4(11-2)5-7-6(10)9-8-5/h4H,3H2,1-2H3. The first-order valence-corrected chi connectivity index (χ1v) is 3.35. The van der Waals surface area contributed by atoms with Crippen LogP contribution >= 0.6 is 0 Å². The highest BCUT2D eigenvalue weighted by molar-refractivity contribution is 6.00. The molecule has 0 aromatic rings. The molecule has 1 unspecified atom stereocenters. The van der Waals surface area contributed by atoms with Gasteiger partial charge in [-0.3, -0.25) is 0 Å². The second-order valence-electron chi connectivity index (χ2n) is 2.09. The van der Waals surface area contributed by atoms with Crippen LogP contribution in [0.3, 0.4) is 0 Å². The first-order valence-electron chi connectivity index (χ1n) is 3.35. The van der Waals surface area contributed by atoms with Gasteiger partial charge in [0.2, 0.25) is 0 Å². The number of hydrogen-bond acceptors (Lipinski definition) is 3. The van der Waals surface area contributed by atoms with Gasteiger partial charge in [0.25, 0.3) is 0 Å². The Morgan fingerprint density at radius 1 is 1.55 bits per heavy atom. The Bertz CT molecular complexity index is 218. The Balaban J connectivity index is 2.67. The number of ether oxygens (including phenoxy) is 1. The number of carbonyl (C=O) groups excluding carboxylic acids is 1. The normalized spacial score (nSPS) is 18.7. The van der Waals surface area contributed by atoms with Gasteiger partial charge in [0, 0.05) is 7.11 Å². The topological polar surface area (TPSA) is 63.4 Å². The first-order chi connectivity index (χ1) is 5.27. The molecule has 1 aliphatic heterocycles. The van der Waals surface area contributed by atoms with E-state index in [-0.39, 0.29) is 6.10 Å². The molecule has 0 fully saturated rings. The Labute approximate surface area is 64.2 Å². The van der Waals surface area contributed by atoms with Crippen molar-refractivity contribution < 1.29 is 9.53 Å². The van der Waals surface area contributed by atoms with Crippen LogP contribution in [0.2, 0.25) is 0 Å². The fraction of sp³-hybridized carbons (Fsp3) is 0.667. The van der Waals surface area contributed by atoms with Crippen molar-refractivity contribution in [2.75, 3.05) is 7.11 Å². The number of amides is 2. The predicted octanol–water partition coefficient (Wildman–Crippen LogP) is 1.40. The smallest absolute Gasteiger partial charge is 0.373 e. The molecule has 11 heavy (non-hydrogen) atoms. The van der Waals surface area contributed by atoms with Gasteiger partial charge < -0.3 is 4.74 Å². The molecule has 5 heteroatoms. The quantitative estimate of drug-likeness (QED) is 0.618. The molecular formula is C6H9N3O2. The molecule has 1 aliphatic rings. The van der Waals surface area contributed by atoms with Crippen LogP contribution in [-0.4, -0.2) is 25.1 Å².